The predicted molar refractivity (Wildman–Crippen MR) is 91.0 cm³/mol. The van der Waals surface area contributed by atoms with Gasteiger partial charge in [-0.3, -0.25) is 9.69 Å². The van der Waals surface area contributed by atoms with Crippen molar-refractivity contribution in [3.8, 4) is 0 Å². The number of nitrogens with zero attached hydrogens (tertiary/aromatic N) is 1. The molecule has 120 valence electrons. The summed E-state index contributed by atoms with van der Waals surface area (Å²) in [6.45, 7) is 4.83. The Morgan fingerprint density at radius 1 is 1.04 bits per heavy atom. The first-order valence-electron chi connectivity index (χ1n) is 8.25. The average Bonchev–Trinajstić information content (AvgIpc) is 3.01. The molecule has 3 rings (SSSR count). The maximum absolute atomic E-state index is 12.4. The fraction of sp³-hybridized carbons (Fsp3) is 0.350. The van der Waals surface area contributed by atoms with Crippen LogP contribution in [0.4, 0.5) is 0 Å². The summed E-state index contributed by atoms with van der Waals surface area (Å²) in [4.78, 5) is 14.7. The summed E-state index contributed by atoms with van der Waals surface area (Å²) in [6, 6.07) is 20.7. The van der Waals surface area contributed by atoms with Gasteiger partial charge in [-0.1, -0.05) is 60.7 Å². The van der Waals surface area contributed by atoms with Crippen LogP contribution in [0.25, 0.3) is 0 Å². The molecule has 3 heteroatoms. The van der Waals surface area contributed by atoms with Gasteiger partial charge in [0.15, 0.2) is 0 Å². The molecule has 0 aliphatic carbocycles. The van der Waals surface area contributed by atoms with Crippen LogP contribution in [0.3, 0.4) is 0 Å². The lowest BCUT2D eigenvalue weighted by atomic mass is 9.89. The second-order valence-corrected chi connectivity index (χ2v) is 6.06. The van der Waals surface area contributed by atoms with E-state index in [0.717, 1.165) is 19.6 Å². The molecular formula is C20H23NO2. The molecule has 0 amide bonds. The van der Waals surface area contributed by atoms with Gasteiger partial charge in [-0.05, 0) is 18.1 Å². The maximum Gasteiger partial charge on any atom is 0.310 e. The van der Waals surface area contributed by atoms with Crippen molar-refractivity contribution in [1.29, 1.82) is 0 Å². The van der Waals surface area contributed by atoms with Crippen molar-refractivity contribution in [2.75, 3.05) is 19.7 Å². The number of ether oxygens (including phenoxy) is 1. The van der Waals surface area contributed by atoms with Crippen molar-refractivity contribution in [2.45, 2.75) is 19.4 Å². The topological polar surface area (TPSA) is 29.5 Å². The van der Waals surface area contributed by atoms with E-state index in [0.29, 0.717) is 6.61 Å². The van der Waals surface area contributed by atoms with Crippen LogP contribution in [0.5, 0.6) is 0 Å². The van der Waals surface area contributed by atoms with E-state index in [1.165, 1.54) is 11.1 Å². The Morgan fingerprint density at radius 2 is 1.70 bits per heavy atom. The molecule has 2 aromatic carbocycles. The van der Waals surface area contributed by atoms with Gasteiger partial charge in [-0.2, -0.15) is 0 Å². The summed E-state index contributed by atoms with van der Waals surface area (Å²) >= 11 is 0. The summed E-state index contributed by atoms with van der Waals surface area (Å²) in [5.41, 5.74) is 2.50. The van der Waals surface area contributed by atoms with Crippen LogP contribution >= 0.6 is 0 Å². The van der Waals surface area contributed by atoms with Gasteiger partial charge in [-0.15, -0.1) is 0 Å². The third-order valence-electron chi connectivity index (χ3n) is 4.46. The van der Waals surface area contributed by atoms with Gasteiger partial charge in [-0.25, -0.2) is 0 Å². The summed E-state index contributed by atoms with van der Waals surface area (Å²) in [7, 11) is 0. The van der Waals surface area contributed by atoms with Crippen LogP contribution in [0.1, 0.15) is 24.0 Å². The molecule has 0 bridgehead atoms. The highest BCUT2D eigenvalue weighted by atomic mass is 16.5. The summed E-state index contributed by atoms with van der Waals surface area (Å²) in [6.07, 6.45) is 0. The van der Waals surface area contributed by atoms with Crippen molar-refractivity contribution in [3.63, 3.8) is 0 Å². The van der Waals surface area contributed by atoms with E-state index < -0.39 is 0 Å². The highest BCUT2D eigenvalue weighted by Gasteiger charge is 2.39. The number of carbonyl (C=O) groups is 1. The molecule has 2 unspecified atom stereocenters. The Labute approximate surface area is 137 Å². The molecule has 2 atom stereocenters. The third-order valence-corrected chi connectivity index (χ3v) is 4.46. The van der Waals surface area contributed by atoms with Crippen LogP contribution in [-0.4, -0.2) is 30.6 Å². The molecule has 0 radical (unpaired) electrons. The van der Waals surface area contributed by atoms with E-state index in [4.69, 9.17) is 4.74 Å². The monoisotopic (exact) mass is 309 g/mol. The molecule has 0 spiro atoms. The fourth-order valence-corrected chi connectivity index (χ4v) is 3.38. The van der Waals surface area contributed by atoms with Gasteiger partial charge in [0.25, 0.3) is 0 Å². The molecule has 23 heavy (non-hydrogen) atoms. The number of benzene rings is 2. The van der Waals surface area contributed by atoms with Crippen LogP contribution in [0, 0.1) is 5.92 Å². The molecular weight excluding hydrogens is 286 g/mol. The average molecular weight is 309 g/mol. The van der Waals surface area contributed by atoms with Crippen LogP contribution < -0.4 is 0 Å². The molecule has 1 saturated heterocycles. The Balaban J connectivity index is 1.77. The van der Waals surface area contributed by atoms with Crippen molar-refractivity contribution in [3.05, 3.63) is 71.8 Å². The van der Waals surface area contributed by atoms with E-state index in [1.807, 2.05) is 31.2 Å². The lowest BCUT2D eigenvalue weighted by molar-refractivity contribution is -0.148. The lowest BCUT2D eigenvalue weighted by Crippen LogP contribution is -2.25. The molecule has 2 aromatic rings. The fourth-order valence-electron chi connectivity index (χ4n) is 3.38. The van der Waals surface area contributed by atoms with Crippen molar-refractivity contribution < 1.29 is 9.53 Å². The zero-order valence-corrected chi connectivity index (χ0v) is 13.5. The van der Waals surface area contributed by atoms with Gasteiger partial charge in [0.1, 0.15) is 0 Å². The first-order chi connectivity index (χ1) is 11.3. The SMILES string of the molecule is CCOC(=O)C1CN(Cc2ccccc2)CC1c1ccccc1. The number of rotatable bonds is 5. The Morgan fingerprint density at radius 3 is 2.35 bits per heavy atom. The van der Waals surface area contributed by atoms with Crippen LogP contribution in [-0.2, 0) is 16.1 Å². The molecule has 1 fully saturated rings. The second kappa shape index (κ2) is 7.42. The molecule has 0 saturated carbocycles. The number of hydrogen-bond donors (Lipinski definition) is 0. The first kappa shape index (κ1) is 15.8. The first-order valence-corrected chi connectivity index (χ1v) is 8.25. The summed E-state index contributed by atoms with van der Waals surface area (Å²) in [5, 5.41) is 0. The Kier molecular flexibility index (Phi) is 5.09. The summed E-state index contributed by atoms with van der Waals surface area (Å²) in [5.74, 6) is 0.0527. The zero-order chi connectivity index (χ0) is 16.1. The van der Waals surface area contributed by atoms with E-state index in [2.05, 4.69) is 41.3 Å². The number of hydrogen-bond acceptors (Lipinski definition) is 3. The van der Waals surface area contributed by atoms with Crippen molar-refractivity contribution >= 4 is 5.97 Å². The van der Waals surface area contributed by atoms with E-state index in [9.17, 15) is 4.79 Å². The standard InChI is InChI=1S/C20H23NO2/c1-2-23-20(22)19-15-21(13-16-9-5-3-6-10-16)14-18(19)17-11-7-4-8-12-17/h3-12,18-19H,2,13-15H2,1H3. The van der Waals surface area contributed by atoms with E-state index in [-0.39, 0.29) is 17.8 Å². The predicted octanol–water partition coefficient (Wildman–Crippen LogP) is 3.47. The number of likely N-dealkylation sites (tertiary alicyclic amines) is 1. The molecule has 1 aliphatic heterocycles. The molecule has 0 aromatic heterocycles. The normalized spacial score (nSPS) is 21.3. The van der Waals surface area contributed by atoms with E-state index in [1.54, 1.807) is 0 Å². The summed E-state index contributed by atoms with van der Waals surface area (Å²) < 4.78 is 5.31. The quantitative estimate of drug-likeness (QED) is 0.792. The highest BCUT2D eigenvalue weighted by Crippen LogP contribution is 2.34. The minimum Gasteiger partial charge on any atom is -0.466 e. The van der Waals surface area contributed by atoms with E-state index >= 15 is 0 Å². The smallest absolute Gasteiger partial charge is 0.310 e. The second-order valence-electron chi connectivity index (χ2n) is 6.06. The molecule has 1 heterocycles. The van der Waals surface area contributed by atoms with Gasteiger partial charge < -0.3 is 4.74 Å². The van der Waals surface area contributed by atoms with Crippen LogP contribution in [0.15, 0.2) is 60.7 Å². The minimum absolute atomic E-state index is 0.0723. The van der Waals surface area contributed by atoms with Gasteiger partial charge in [0, 0.05) is 25.6 Å². The highest BCUT2D eigenvalue weighted by molar-refractivity contribution is 5.74. The van der Waals surface area contributed by atoms with Gasteiger partial charge >= 0.3 is 5.97 Å². The molecule has 3 nitrogen and oxygen atoms in total. The van der Waals surface area contributed by atoms with Crippen LogP contribution in [0.2, 0.25) is 0 Å². The van der Waals surface area contributed by atoms with Gasteiger partial charge in [0.05, 0.1) is 12.5 Å². The van der Waals surface area contributed by atoms with Crippen molar-refractivity contribution in [1.82, 2.24) is 4.90 Å². The molecule has 1 aliphatic rings. The zero-order valence-electron chi connectivity index (χ0n) is 13.5. The maximum atomic E-state index is 12.4. The largest absolute Gasteiger partial charge is 0.466 e. The van der Waals surface area contributed by atoms with Gasteiger partial charge in [0.2, 0.25) is 0 Å². The number of esters is 1. The Hall–Kier alpha value is -2.13. The molecule has 0 N–H and O–H groups in total. The lowest BCUT2D eigenvalue weighted by Gasteiger charge is -2.17. The van der Waals surface area contributed by atoms with Crippen molar-refractivity contribution in [2.24, 2.45) is 5.92 Å². The third kappa shape index (κ3) is 3.80. The minimum atomic E-state index is -0.0823. The number of carbonyl (C=O) groups excluding carboxylic acids is 1. The Bertz CT molecular complexity index is 627.